The van der Waals surface area contributed by atoms with E-state index >= 15 is 0 Å². The van der Waals surface area contributed by atoms with E-state index in [1.54, 1.807) is 0 Å². The summed E-state index contributed by atoms with van der Waals surface area (Å²) in [5.41, 5.74) is 2.94. The molecule has 90 valence electrons. The minimum Gasteiger partial charge on any atom is -0.347 e. The van der Waals surface area contributed by atoms with Crippen molar-refractivity contribution in [3.63, 3.8) is 0 Å². The predicted molar refractivity (Wildman–Crippen MR) is 71.0 cm³/mol. The number of aryl methyl sites for hydroxylation is 3. The Morgan fingerprint density at radius 1 is 1.06 bits per heavy atom. The lowest BCUT2D eigenvalue weighted by atomic mass is 10.0. The van der Waals surface area contributed by atoms with E-state index in [0.29, 0.717) is 29.9 Å². The van der Waals surface area contributed by atoms with Crippen molar-refractivity contribution in [2.24, 2.45) is 0 Å². The number of benzene rings is 1. The van der Waals surface area contributed by atoms with Gasteiger partial charge in [-0.05, 0) is 30.9 Å². The fourth-order valence-corrected chi connectivity index (χ4v) is 3.05. The molecular formula is C11H15Cl2O2P. The molecular weight excluding hydrogens is 266 g/mol. The second kappa shape index (κ2) is 6.78. The second-order valence-electron chi connectivity index (χ2n) is 3.60. The Morgan fingerprint density at radius 2 is 1.50 bits per heavy atom. The van der Waals surface area contributed by atoms with Gasteiger partial charge in [0.2, 0.25) is 0 Å². The summed E-state index contributed by atoms with van der Waals surface area (Å²) in [4.78, 5) is 18.9. The van der Waals surface area contributed by atoms with Crippen LogP contribution in [0.4, 0.5) is 0 Å². The first-order chi connectivity index (χ1) is 7.60. The van der Waals surface area contributed by atoms with Gasteiger partial charge in [0.1, 0.15) is 0 Å². The van der Waals surface area contributed by atoms with Crippen LogP contribution in [0.5, 0.6) is 0 Å². The standard InChI is InChI=1S/C11H15Cl2O2P/c1-8-6-9(2-4-12)11(16(14)15)10(7-8)3-5-13/h6-7,14-15H,2-5H2,1H3. The minimum absolute atomic E-state index is 0.472. The molecule has 5 heteroatoms. The van der Waals surface area contributed by atoms with Crippen LogP contribution in [-0.4, -0.2) is 21.5 Å². The molecule has 0 unspecified atom stereocenters. The van der Waals surface area contributed by atoms with Crippen LogP contribution in [-0.2, 0) is 12.8 Å². The Hall–Kier alpha value is 0.150. The molecule has 2 N–H and O–H groups in total. The average Bonchev–Trinajstić information content (AvgIpc) is 2.17. The second-order valence-corrected chi connectivity index (χ2v) is 5.38. The topological polar surface area (TPSA) is 40.5 Å². The van der Waals surface area contributed by atoms with Crippen LogP contribution in [0.25, 0.3) is 0 Å². The highest BCUT2D eigenvalue weighted by Gasteiger charge is 2.16. The highest BCUT2D eigenvalue weighted by atomic mass is 35.5. The van der Waals surface area contributed by atoms with Crippen molar-refractivity contribution in [2.45, 2.75) is 19.8 Å². The van der Waals surface area contributed by atoms with Gasteiger partial charge in [0.15, 0.2) is 8.38 Å². The van der Waals surface area contributed by atoms with Gasteiger partial charge >= 0.3 is 0 Å². The van der Waals surface area contributed by atoms with Crippen molar-refractivity contribution in [1.29, 1.82) is 0 Å². The molecule has 1 rings (SSSR count). The number of hydrogen-bond donors (Lipinski definition) is 2. The predicted octanol–water partition coefficient (Wildman–Crippen LogP) is 2.48. The van der Waals surface area contributed by atoms with Gasteiger partial charge in [0.25, 0.3) is 0 Å². The van der Waals surface area contributed by atoms with Crippen molar-refractivity contribution in [3.05, 3.63) is 28.8 Å². The highest BCUT2D eigenvalue weighted by molar-refractivity contribution is 7.54. The molecule has 0 atom stereocenters. The summed E-state index contributed by atoms with van der Waals surface area (Å²) in [5, 5.41) is 0.627. The molecule has 0 fully saturated rings. The zero-order valence-corrected chi connectivity index (χ0v) is 11.5. The zero-order valence-electron chi connectivity index (χ0n) is 9.08. The molecule has 0 aliphatic carbocycles. The fourth-order valence-electron chi connectivity index (χ4n) is 1.78. The lowest BCUT2D eigenvalue weighted by molar-refractivity contribution is 0.496. The smallest absolute Gasteiger partial charge is 0.200 e. The Balaban J connectivity index is 3.23. The summed E-state index contributed by atoms with van der Waals surface area (Å²) < 4.78 is 0. The molecule has 0 amide bonds. The van der Waals surface area contributed by atoms with Crippen LogP contribution in [0, 0.1) is 6.92 Å². The first kappa shape index (κ1) is 14.2. The molecule has 1 aromatic carbocycles. The lowest BCUT2D eigenvalue weighted by Crippen LogP contribution is -2.16. The maximum atomic E-state index is 9.46. The number of halogens is 2. The van der Waals surface area contributed by atoms with Gasteiger partial charge in [-0.3, -0.25) is 0 Å². The van der Waals surface area contributed by atoms with E-state index in [0.717, 1.165) is 16.7 Å². The third-order valence-electron chi connectivity index (χ3n) is 2.34. The summed E-state index contributed by atoms with van der Waals surface area (Å²) in [6, 6.07) is 3.91. The minimum atomic E-state index is -2.09. The summed E-state index contributed by atoms with van der Waals surface area (Å²) >= 11 is 11.4. The van der Waals surface area contributed by atoms with E-state index in [4.69, 9.17) is 23.2 Å². The van der Waals surface area contributed by atoms with E-state index in [-0.39, 0.29) is 0 Å². The van der Waals surface area contributed by atoms with Crippen molar-refractivity contribution >= 4 is 36.9 Å². The molecule has 2 nitrogen and oxygen atoms in total. The van der Waals surface area contributed by atoms with Gasteiger partial charge in [-0.2, -0.15) is 0 Å². The van der Waals surface area contributed by atoms with Crippen LogP contribution in [0.1, 0.15) is 16.7 Å². The van der Waals surface area contributed by atoms with E-state index in [1.165, 1.54) is 0 Å². The molecule has 0 heterocycles. The zero-order chi connectivity index (χ0) is 12.1. The van der Waals surface area contributed by atoms with Gasteiger partial charge in [0.05, 0.1) is 0 Å². The van der Waals surface area contributed by atoms with Crippen LogP contribution in [0.15, 0.2) is 12.1 Å². The molecule has 1 aromatic rings. The summed E-state index contributed by atoms with van der Waals surface area (Å²) in [7, 11) is -2.09. The summed E-state index contributed by atoms with van der Waals surface area (Å²) in [6.07, 6.45) is 1.29. The molecule has 0 saturated carbocycles. The van der Waals surface area contributed by atoms with Crippen LogP contribution >= 0.6 is 31.6 Å². The first-order valence-corrected chi connectivity index (χ1v) is 7.34. The molecule has 0 aliphatic heterocycles. The summed E-state index contributed by atoms with van der Waals surface area (Å²) in [5.74, 6) is 0.944. The Morgan fingerprint density at radius 3 is 1.81 bits per heavy atom. The van der Waals surface area contributed by atoms with Crippen LogP contribution in [0.2, 0.25) is 0 Å². The van der Waals surface area contributed by atoms with Gasteiger partial charge in [-0.25, -0.2) is 0 Å². The van der Waals surface area contributed by atoms with Gasteiger partial charge in [-0.15, -0.1) is 23.2 Å². The molecule has 0 spiro atoms. The van der Waals surface area contributed by atoms with E-state index in [1.807, 2.05) is 19.1 Å². The normalized spacial score (nSPS) is 11.1. The Bertz CT molecular complexity index is 329. The van der Waals surface area contributed by atoms with Crippen LogP contribution in [0.3, 0.4) is 0 Å². The van der Waals surface area contributed by atoms with E-state index in [9.17, 15) is 9.79 Å². The lowest BCUT2D eigenvalue weighted by Gasteiger charge is -2.15. The number of alkyl halides is 2. The molecule has 0 radical (unpaired) electrons. The van der Waals surface area contributed by atoms with Crippen molar-refractivity contribution in [2.75, 3.05) is 11.8 Å². The van der Waals surface area contributed by atoms with Gasteiger partial charge in [-0.1, -0.05) is 17.7 Å². The fraction of sp³-hybridized carbons (Fsp3) is 0.455. The number of rotatable bonds is 5. The van der Waals surface area contributed by atoms with Gasteiger partial charge in [0, 0.05) is 17.1 Å². The third kappa shape index (κ3) is 3.58. The third-order valence-corrected chi connectivity index (χ3v) is 3.69. The Kier molecular flexibility index (Phi) is 6.02. The highest BCUT2D eigenvalue weighted by Crippen LogP contribution is 2.28. The van der Waals surface area contributed by atoms with Crippen molar-refractivity contribution < 1.29 is 9.79 Å². The summed E-state index contributed by atoms with van der Waals surface area (Å²) in [6.45, 7) is 1.98. The molecule has 0 aromatic heterocycles. The van der Waals surface area contributed by atoms with Crippen molar-refractivity contribution in [3.8, 4) is 0 Å². The van der Waals surface area contributed by atoms with Gasteiger partial charge < -0.3 is 9.79 Å². The van der Waals surface area contributed by atoms with Crippen LogP contribution < -0.4 is 5.30 Å². The largest absolute Gasteiger partial charge is 0.347 e. The number of hydrogen-bond acceptors (Lipinski definition) is 2. The molecule has 0 bridgehead atoms. The SMILES string of the molecule is Cc1cc(CCCl)c(P(O)O)c(CCCl)c1. The van der Waals surface area contributed by atoms with E-state index in [2.05, 4.69) is 0 Å². The average molecular weight is 281 g/mol. The maximum absolute atomic E-state index is 9.46. The van der Waals surface area contributed by atoms with Crippen molar-refractivity contribution in [1.82, 2.24) is 0 Å². The van der Waals surface area contributed by atoms with E-state index < -0.39 is 8.38 Å². The molecule has 0 aliphatic rings. The Labute approximate surface area is 107 Å². The quantitative estimate of drug-likeness (QED) is 0.643. The monoisotopic (exact) mass is 280 g/mol. The maximum Gasteiger partial charge on any atom is 0.200 e. The first-order valence-electron chi connectivity index (χ1n) is 5.02. The molecule has 16 heavy (non-hydrogen) atoms. The molecule has 0 saturated heterocycles.